The first kappa shape index (κ1) is 36.8. The number of aromatic nitrogens is 4. The van der Waals surface area contributed by atoms with Crippen molar-refractivity contribution in [2.75, 3.05) is 0 Å². The third-order valence-electron chi connectivity index (χ3n) is 9.00. The van der Waals surface area contributed by atoms with Gasteiger partial charge in [0.2, 0.25) is 0 Å². The van der Waals surface area contributed by atoms with Crippen molar-refractivity contribution >= 4 is 33.9 Å². The molecule has 51 heavy (non-hydrogen) atoms. The zero-order chi connectivity index (χ0) is 36.9. The number of nitrogens with one attached hydrogen (secondary N) is 2. The topological polar surface area (TPSA) is 110 Å². The Labute approximate surface area is 301 Å². The summed E-state index contributed by atoms with van der Waals surface area (Å²) < 4.78 is 0. The molecule has 2 amide bonds. The van der Waals surface area contributed by atoms with Crippen molar-refractivity contribution in [3.63, 3.8) is 0 Å². The van der Waals surface area contributed by atoms with Crippen LogP contribution in [0, 0.1) is 20.8 Å². The Morgan fingerprint density at radius 2 is 1.10 bits per heavy atom. The number of benzene rings is 2. The van der Waals surface area contributed by atoms with Crippen LogP contribution in [0.25, 0.3) is 22.1 Å². The molecule has 2 N–H and O–H groups in total. The second kappa shape index (κ2) is 15.2. The van der Waals surface area contributed by atoms with Gasteiger partial charge in [0.05, 0.1) is 22.5 Å². The number of carbonyl (C=O) groups excluding carboxylic acids is 2. The fourth-order valence-electron chi connectivity index (χ4n) is 5.85. The van der Waals surface area contributed by atoms with Crippen molar-refractivity contribution in [2.45, 2.75) is 86.2 Å². The molecule has 2 aromatic carbocycles. The highest BCUT2D eigenvalue weighted by atomic mass is 16.2. The third-order valence-corrected chi connectivity index (χ3v) is 9.00. The molecule has 6 aromatic rings. The van der Waals surface area contributed by atoms with E-state index in [1.165, 1.54) is 11.1 Å². The minimum atomic E-state index is -0.115. The lowest BCUT2D eigenvalue weighted by Crippen LogP contribution is -2.25. The predicted molar refractivity (Wildman–Crippen MR) is 206 cm³/mol. The van der Waals surface area contributed by atoms with Crippen LogP contribution >= 0.6 is 0 Å². The fraction of sp³-hybridized carbons (Fsp3) is 0.302. The van der Waals surface area contributed by atoms with E-state index in [0.29, 0.717) is 46.9 Å². The van der Waals surface area contributed by atoms with Crippen LogP contribution in [-0.2, 0) is 23.9 Å². The predicted octanol–water partition coefficient (Wildman–Crippen LogP) is 8.64. The number of hydrogen-bond donors (Lipinski definition) is 2. The summed E-state index contributed by atoms with van der Waals surface area (Å²) in [4.78, 5) is 42.7. The van der Waals surface area contributed by atoms with E-state index in [1.54, 1.807) is 12.4 Å². The molecule has 6 rings (SSSR count). The first-order valence-corrected chi connectivity index (χ1v) is 17.3. The molecular formula is C43H48N6O2. The fourth-order valence-corrected chi connectivity index (χ4v) is 5.85. The molecule has 8 heteroatoms. The number of carbonyl (C=O) groups is 2. The first-order valence-electron chi connectivity index (χ1n) is 17.3. The van der Waals surface area contributed by atoms with Crippen LogP contribution in [0.2, 0.25) is 0 Å². The van der Waals surface area contributed by atoms with Gasteiger partial charge in [0.25, 0.3) is 11.8 Å². The Morgan fingerprint density at radius 3 is 1.65 bits per heavy atom. The van der Waals surface area contributed by atoms with Gasteiger partial charge in [-0.25, -0.2) is 19.9 Å². The van der Waals surface area contributed by atoms with E-state index in [-0.39, 0.29) is 22.6 Å². The molecular weight excluding hydrogens is 633 g/mol. The molecule has 4 aromatic heterocycles. The van der Waals surface area contributed by atoms with Crippen molar-refractivity contribution in [1.82, 2.24) is 30.6 Å². The maximum absolute atomic E-state index is 12.8. The monoisotopic (exact) mass is 680 g/mol. The van der Waals surface area contributed by atoms with E-state index in [4.69, 9.17) is 0 Å². The molecule has 0 unspecified atom stereocenters. The van der Waals surface area contributed by atoms with Crippen LogP contribution in [0.3, 0.4) is 0 Å². The zero-order valence-electron chi connectivity index (χ0n) is 31.2. The molecule has 0 aliphatic carbocycles. The molecule has 0 bridgehead atoms. The summed E-state index contributed by atoms with van der Waals surface area (Å²) in [7, 11) is 0. The molecule has 4 heterocycles. The summed E-state index contributed by atoms with van der Waals surface area (Å²) in [5.74, 6) is -0.214. The number of nitrogens with zero attached hydrogens (tertiary/aromatic N) is 4. The summed E-state index contributed by atoms with van der Waals surface area (Å²) in [5, 5.41) is 7.78. The van der Waals surface area contributed by atoms with Crippen molar-refractivity contribution in [3.05, 3.63) is 142 Å². The number of hydrogen-bond acceptors (Lipinski definition) is 6. The Bertz CT molecular complexity index is 2180. The van der Waals surface area contributed by atoms with Crippen LogP contribution in [-0.4, -0.2) is 31.8 Å². The zero-order valence-corrected chi connectivity index (χ0v) is 31.2. The molecule has 0 saturated carbocycles. The summed E-state index contributed by atoms with van der Waals surface area (Å²) in [6.07, 6.45) is 3.42. The van der Waals surface area contributed by atoms with Crippen LogP contribution in [0.5, 0.6) is 0 Å². The molecule has 0 aliphatic heterocycles. The van der Waals surface area contributed by atoms with Gasteiger partial charge in [-0.05, 0) is 89.8 Å². The van der Waals surface area contributed by atoms with Crippen LogP contribution < -0.4 is 10.6 Å². The first-order chi connectivity index (χ1) is 24.1. The summed E-state index contributed by atoms with van der Waals surface area (Å²) in [5.41, 5.74) is 9.85. The van der Waals surface area contributed by atoms with Crippen molar-refractivity contribution in [2.24, 2.45) is 0 Å². The normalized spacial score (nSPS) is 11.5. The molecule has 0 fully saturated rings. The van der Waals surface area contributed by atoms with Crippen LogP contribution in [0.1, 0.15) is 101 Å². The smallest absolute Gasteiger partial charge is 0.253 e. The standard InChI is InChI=1S/C22H25N3O.C21H23N3O/c1-14-18-7-6-12-23-20(18)25-15(2)19(14)21(26)24-13-16-8-10-17(11-9-16)22(3,4)5;1-14-18(12-16-6-5-11-22-19(16)24-14)20(25)23-13-15-7-9-17(10-8-15)21(2,3)4/h6-12H,13H2,1-5H3,(H,24,26);5-12H,13H2,1-4H3,(H,23,25). The van der Waals surface area contributed by atoms with Gasteiger partial charge in [0, 0.05) is 36.3 Å². The van der Waals surface area contributed by atoms with Crippen molar-refractivity contribution < 1.29 is 9.59 Å². The number of fused-ring (bicyclic) bond motifs is 2. The number of aryl methyl sites for hydroxylation is 3. The minimum absolute atomic E-state index is 0.0989. The Hall–Kier alpha value is -5.50. The molecule has 0 spiro atoms. The van der Waals surface area contributed by atoms with Crippen molar-refractivity contribution in [3.8, 4) is 0 Å². The summed E-state index contributed by atoms with van der Waals surface area (Å²) in [6, 6.07) is 26.2. The van der Waals surface area contributed by atoms with E-state index in [9.17, 15) is 9.59 Å². The van der Waals surface area contributed by atoms with Crippen LogP contribution in [0.4, 0.5) is 0 Å². The van der Waals surface area contributed by atoms with E-state index < -0.39 is 0 Å². The number of pyridine rings is 4. The maximum Gasteiger partial charge on any atom is 0.253 e. The molecule has 262 valence electrons. The van der Waals surface area contributed by atoms with Gasteiger partial charge in [0.15, 0.2) is 11.3 Å². The molecule has 0 saturated heterocycles. The van der Waals surface area contributed by atoms with Gasteiger partial charge in [-0.1, -0.05) is 90.1 Å². The second-order valence-electron chi connectivity index (χ2n) is 15.0. The van der Waals surface area contributed by atoms with E-state index in [0.717, 1.165) is 27.5 Å². The highest BCUT2D eigenvalue weighted by Crippen LogP contribution is 2.24. The van der Waals surface area contributed by atoms with Gasteiger partial charge in [-0.2, -0.15) is 0 Å². The van der Waals surface area contributed by atoms with E-state index in [2.05, 4.69) is 121 Å². The third kappa shape index (κ3) is 9.00. The van der Waals surface area contributed by atoms with Gasteiger partial charge >= 0.3 is 0 Å². The summed E-state index contributed by atoms with van der Waals surface area (Å²) >= 11 is 0. The average Bonchev–Trinajstić information content (AvgIpc) is 3.09. The molecule has 8 nitrogen and oxygen atoms in total. The Kier molecular flexibility index (Phi) is 10.9. The van der Waals surface area contributed by atoms with Gasteiger partial charge in [-0.15, -0.1) is 0 Å². The average molecular weight is 681 g/mol. The van der Waals surface area contributed by atoms with Gasteiger partial charge < -0.3 is 10.6 Å². The highest BCUT2D eigenvalue weighted by Gasteiger charge is 2.18. The molecule has 0 radical (unpaired) electrons. The number of amides is 2. The van der Waals surface area contributed by atoms with Gasteiger partial charge in [0.1, 0.15) is 0 Å². The summed E-state index contributed by atoms with van der Waals surface area (Å²) in [6.45, 7) is 19.8. The lowest BCUT2D eigenvalue weighted by molar-refractivity contribution is 0.0941. The molecule has 0 aliphatic rings. The Balaban J connectivity index is 0.000000198. The van der Waals surface area contributed by atoms with Crippen molar-refractivity contribution in [1.29, 1.82) is 0 Å². The Morgan fingerprint density at radius 1 is 0.608 bits per heavy atom. The minimum Gasteiger partial charge on any atom is -0.348 e. The van der Waals surface area contributed by atoms with Crippen LogP contribution in [0.15, 0.2) is 91.3 Å². The molecule has 0 atom stereocenters. The SMILES string of the molecule is Cc1nc2ncccc2c(C)c1C(=O)NCc1ccc(C(C)(C)C)cc1.Cc1nc2ncccc2cc1C(=O)NCc1ccc(C(C)(C)C)cc1. The lowest BCUT2D eigenvalue weighted by atomic mass is 9.87. The maximum atomic E-state index is 12.8. The van der Waals surface area contributed by atoms with E-state index >= 15 is 0 Å². The van der Waals surface area contributed by atoms with E-state index in [1.807, 2.05) is 51.1 Å². The second-order valence-corrected chi connectivity index (χ2v) is 15.0. The van der Waals surface area contributed by atoms with Gasteiger partial charge in [-0.3, -0.25) is 9.59 Å². The highest BCUT2D eigenvalue weighted by molar-refractivity contribution is 6.00. The number of rotatable bonds is 6. The quantitative estimate of drug-likeness (QED) is 0.182. The lowest BCUT2D eigenvalue weighted by Gasteiger charge is -2.19. The largest absolute Gasteiger partial charge is 0.348 e.